The number of carboxylic acid groups (broad SMARTS) is 1. The summed E-state index contributed by atoms with van der Waals surface area (Å²) in [5, 5.41) is 9.16. The Morgan fingerprint density at radius 2 is 2.05 bits per heavy atom. The zero-order valence-corrected chi connectivity index (χ0v) is 12.6. The van der Waals surface area contributed by atoms with E-state index in [1.165, 1.54) is 12.8 Å². The van der Waals surface area contributed by atoms with E-state index in [1.807, 2.05) is 12.1 Å². The van der Waals surface area contributed by atoms with E-state index in [1.54, 1.807) is 6.20 Å². The highest BCUT2D eigenvalue weighted by Gasteiger charge is 2.29. The van der Waals surface area contributed by atoms with E-state index < -0.39 is 5.97 Å². The van der Waals surface area contributed by atoms with Crippen LogP contribution in [0.4, 0.5) is 0 Å². The van der Waals surface area contributed by atoms with Gasteiger partial charge in [0.15, 0.2) is 5.69 Å². The Hall–Kier alpha value is -1.42. The van der Waals surface area contributed by atoms with Crippen LogP contribution < -0.4 is 0 Å². The number of hydrogen-bond acceptors (Lipinski definition) is 3. The van der Waals surface area contributed by atoms with Crippen molar-refractivity contribution in [3.8, 4) is 0 Å². The van der Waals surface area contributed by atoms with Gasteiger partial charge in [0.1, 0.15) is 0 Å². The SMILES string of the molecule is CC(C)(C)C1CCN(Cc2cccnc2C(=O)O)CC1. The molecule has 110 valence electrons. The van der Waals surface area contributed by atoms with Crippen molar-refractivity contribution in [2.24, 2.45) is 11.3 Å². The van der Waals surface area contributed by atoms with Crippen LogP contribution in [0.25, 0.3) is 0 Å². The Kier molecular flexibility index (Phi) is 4.43. The van der Waals surface area contributed by atoms with Crippen molar-refractivity contribution in [1.82, 2.24) is 9.88 Å². The average Bonchev–Trinajstić information content (AvgIpc) is 2.38. The van der Waals surface area contributed by atoms with E-state index in [9.17, 15) is 4.79 Å². The lowest BCUT2D eigenvalue weighted by Crippen LogP contribution is -2.37. The third-order valence-electron chi connectivity index (χ3n) is 4.30. The summed E-state index contributed by atoms with van der Waals surface area (Å²) in [5.41, 5.74) is 1.37. The largest absolute Gasteiger partial charge is 0.477 e. The summed E-state index contributed by atoms with van der Waals surface area (Å²) in [6.07, 6.45) is 3.91. The summed E-state index contributed by atoms with van der Waals surface area (Å²) in [6, 6.07) is 3.68. The second-order valence-corrected chi connectivity index (χ2v) is 6.73. The van der Waals surface area contributed by atoms with Gasteiger partial charge in [0.2, 0.25) is 0 Å². The van der Waals surface area contributed by atoms with Gasteiger partial charge in [0, 0.05) is 12.7 Å². The van der Waals surface area contributed by atoms with Gasteiger partial charge in [-0.3, -0.25) is 4.90 Å². The summed E-state index contributed by atoms with van der Waals surface area (Å²) in [4.78, 5) is 17.5. The van der Waals surface area contributed by atoms with Gasteiger partial charge in [-0.2, -0.15) is 0 Å². The molecule has 1 aromatic heterocycles. The van der Waals surface area contributed by atoms with Gasteiger partial charge < -0.3 is 5.11 Å². The van der Waals surface area contributed by atoms with Crippen LogP contribution in [0.5, 0.6) is 0 Å². The molecule has 1 aliphatic rings. The van der Waals surface area contributed by atoms with Crippen LogP contribution in [0.2, 0.25) is 0 Å². The zero-order valence-electron chi connectivity index (χ0n) is 12.6. The molecule has 0 spiro atoms. The zero-order chi connectivity index (χ0) is 14.8. The molecule has 0 unspecified atom stereocenters. The summed E-state index contributed by atoms with van der Waals surface area (Å²) in [5.74, 6) is -0.184. The Labute approximate surface area is 120 Å². The van der Waals surface area contributed by atoms with E-state index >= 15 is 0 Å². The predicted molar refractivity (Wildman–Crippen MR) is 78.7 cm³/mol. The molecular formula is C16H24N2O2. The van der Waals surface area contributed by atoms with Crippen LogP contribution in [-0.4, -0.2) is 34.0 Å². The van der Waals surface area contributed by atoms with Crippen molar-refractivity contribution >= 4 is 5.97 Å². The molecule has 0 radical (unpaired) electrons. The molecule has 20 heavy (non-hydrogen) atoms. The number of hydrogen-bond donors (Lipinski definition) is 1. The molecule has 0 aliphatic carbocycles. The highest BCUT2D eigenvalue weighted by molar-refractivity contribution is 5.86. The monoisotopic (exact) mass is 276 g/mol. The summed E-state index contributed by atoms with van der Waals surface area (Å²) >= 11 is 0. The van der Waals surface area contributed by atoms with Crippen molar-refractivity contribution in [3.63, 3.8) is 0 Å². The highest BCUT2D eigenvalue weighted by Crippen LogP contribution is 2.34. The Morgan fingerprint density at radius 3 is 2.60 bits per heavy atom. The number of rotatable bonds is 3. The van der Waals surface area contributed by atoms with Gasteiger partial charge in [-0.15, -0.1) is 0 Å². The van der Waals surface area contributed by atoms with Gasteiger partial charge in [0.25, 0.3) is 0 Å². The molecule has 1 aliphatic heterocycles. The summed E-state index contributed by atoms with van der Waals surface area (Å²) in [7, 11) is 0. The molecule has 2 rings (SSSR count). The molecule has 0 amide bonds. The van der Waals surface area contributed by atoms with Gasteiger partial charge in [-0.25, -0.2) is 9.78 Å². The lowest BCUT2D eigenvalue weighted by atomic mass is 9.75. The maximum absolute atomic E-state index is 11.2. The normalized spacial score (nSPS) is 18.1. The number of aromatic nitrogens is 1. The Morgan fingerprint density at radius 1 is 1.40 bits per heavy atom. The second kappa shape index (κ2) is 5.92. The van der Waals surface area contributed by atoms with Gasteiger partial charge in [-0.1, -0.05) is 26.8 Å². The minimum absolute atomic E-state index is 0.186. The molecule has 2 heterocycles. The molecule has 1 saturated heterocycles. The number of aromatic carboxylic acids is 1. The molecule has 0 atom stereocenters. The summed E-state index contributed by atoms with van der Waals surface area (Å²) in [6.45, 7) is 9.67. The highest BCUT2D eigenvalue weighted by atomic mass is 16.4. The standard InChI is InChI=1S/C16H24N2O2/c1-16(2,3)13-6-9-18(10-7-13)11-12-5-4-8-17-14(12)15(19)20/h4-5,8,13H,6-7,9-11H2,1-3H3,(H,19,20). The van der Waals surface area contributed by atoms with Gasteiger partial charge in [-0.05, 0) is 48.9 Å². The third-order valence-corrected chi connectivity index (χ3v) is 4.30. The fourth-order valence-corrected chi connectivity index (χ4v) is 2.96. The Bertz CT molecular complexity index is 472. The molecule has 0 bridgehead atoms. The molecule has 1 fully saturated rings. The maximum atomic E-state index is 11.2. The molecule has 4 heteroatoms. The molecule has 4 nitrogen and oxygen atoms in total. The van der Waals surface area contributed by atoms with Crippen LogP contribution in [0.1, 0.15) is 49.7 Å². The van der Waals surface area contributed by atoms with Crippen molar-refractivity contribution in [2.45, 2.75) is 40.2 Å². The van der Waals surface area contributed by atoms with E-state index in [-0.39, 0.29) is 5.69 Å². The molecular weight excluding hydrogens is 252 g/mol. The molecule has 0 saturated carbocycles. The third kappa shape index (κ3) is 3.57. The van der Waals surface area contributed by atoms with Crippen LogP contribution >= 0.6 is 0 Å². The predicted octanol–water partition coefficient (Wildman–Crippen LogP) is 3.04. The van der Waals surface area contributed by atoms with Crippen LogP contribution in [0.15, 0.2) is 18.3 Å². The molecule has 0 aromatic carbocycles. The first-order valence-electron chi connectivity index (χ1n) is 7.27. The van der Waals surface area contributed by atoms with Crippen LogP contribution in [0.3, 0.4) is 0 Å². The van der Waals surface area contributed by atoms with Gasteiger partial charge >= 0.3 is 5.97 Å². The first-order chi connectivity index (χ1) is 9.38. The minimum Gasteiger partial charge on any atom is -0.477 e. The Balaban J connectivity index is 1.98. The van der Waals surface area contributed by atoms with Crippen LogP contribution in [-0.2, 0) is 6.54 Å². The van der Waals surface area contributed by atoms with E-state index in [0.29, 0.717) is 12.0 Å². The van der Waals surface area contributed by atoms with Crippen molar-refractivity contribution in [3.05, 3.63) is 29.6 Å². The van der Waals surface area contributed by atoms with Gasteiger partial charge in [0.05, 0.1) is 0 Å². The quantitative estimate of drug-likeness (QED) is 0.922. The van der Waals surface area contributed by atoms with Crippen molar-refractivity contribution in [2.75, 3.05) is 13.1 Å². The molecule has 1 aromatic rings. The first kappa shape index (κ1) is 15.0. The number of carbonyl (C=O) groups is 1. The summed E-state index contributed by atoms with van der Waals surface area (Å²) < 4.78 is 0. The lowest BCUT2D eigenvalue weighted by molar-refractivity contribution is 0.0685. The minimum atomic E-state index is -0.940. The maximum Gasteiger partial charge on any atom is 0.354 e. The fourth-order valence-electron chi connectivity index (χ4n) is 2.96. The number of likely N-dealkylation sites (tertiary alicyclic amines) is 1. The van der Waals surface area contributed by atoms with Crippen LogP contribution in [0, 0.1) is 11.3 Å². The van der Waals surface area contributed by atoms with Crippen molar-refractivity contribution < 1.29 is 9.90 Å². The first-order valence-corrected chi connectivity index (χ1v) is 7.27. The fraction of sp³-hybridized carbons (Fsp3) is 0.625. The van der Waals surface area contributed by atoms with E-state index in [0.717, 1.165) is 24.6 Å². The lowest BCUT2D eigenvalue weighted by Gasteiger charge is -2.38. The van der Waals surface area contributed by atoms with Crippen molar-refractivity contribution in [1.29, 1.82) is 0 Å². The second-order valence-electron chi connectivity index (χ2n) is 6.73. The number of carboxylic acids is 1. The number of nitrogens with zero attached hydrogens (tertiary/aromatic N) is 2. The van der Waals surface area contributed by atoms with E-state index in [2.05, 4.69) is 30.7 Å². The van der Waals surface area contributed by atoms with E-state index in [4.69, 9.17) is 5.11 Å². The number of piperidine rings is 1. The average molecular weight is 276 g/mol. The topological polar surface area (TPSA) is 53.4 Å². The number of pyridine rings is 1. The molecule has 1 N–H and O–H groups in total. The smallest absolute Gasteiger partial charge is 0.354 e.